The van der Waals surface area contributed by atoms with Gasteiger partial charge in [0, 0.05) is 6.54 Å². The van der Waals surface area contributed by atoms with Crippen LogP contribution in [0.25, 0.3) is 6.08 Å². The smallest absolute Gasteiger partial charge is 0.0205 e. The lowest BCUT2D eigenvalue weighted by Gasteiger charge is -2.04. The van der Waals surface area contributed by atoms with Gasteiger partial charge in [0.1, 0.15) is 0 Å². The quantitative estimate of drug-likeness (QED) is 0.626. The maximum atomic E-state index is 3.74. The molecule has 0 heterocycles. The molecule has 1 aromatic rings. The number of rotatable bonds is 7. The number of unbranched alkanes of at least 4 members (excludes halogenated alkanes) is 2. The molecule has 0 aliphatic heterocycles. The monoisotopic (exact) mass is 263 g/mol. The molecule has 0 fully saturated rings. The standard InChI is InChI=1S/C14H21N.2C2H6/c1-3-5-6-11-15-12-14-9-7-13(4-2)8-10-14;2*1-2/h4,7-10,15H,2-3,5-6,11-12H2,1H3;2*1-2H3. The zero-order valence-corrected chi connectivity index (χ0v) is 13.6. The first-order valence-electron chi connectivity index (χ1n) is 7.79. The van der Waals surface area contributed by atoms with Crippen LogP contribution in [0.15, 0.2) is 30.8 Å². The number of nitrogens with one attached hydrogen (secondary N) is 1. The van der Waals surface area contributed by atoms with E-state index in [1.165, 1.54) is 30.4 Å². The summed E-state index contributed by atoms with van der Waals surface area (Å²) < 4.78 is 0. The zero-order valence-electron chi connectivity index (χ0n) is 13.6. The van der Waals surface area contributed by atoms with E-state index >= 15 is 0 Å². The van der Waals surface area contributed by atoms with Crippen LogP contribution in [0.2, 0.25) is 0 Å². The molecular formula is C18H33N. The molecule has 0 saturated carbocycles. The molecule has 1 nitrogen and oxygen atoms in total. The average molecular weight is 263 g/mol. The van der Waals surface area contributed by atoms with Crippen molar-refractivity contribution in [3.05, 3.63) is 42.0 Å². The van der Waals surface area contributed by atoms with Crippen molar-refractivity contribution >= 4 is 6.08 Å². The molecule has 1 N–H and O–H groups in total. The van der Waals surface area contributed by atoms with Crippen LogP contribution in [-0.4, -0.2) is 6.54 Å². The second-order valence-corrected chi connectivity index (χ2v) is 3.83. The lowest BCUT2D eigenvalue weighted by atomic mass is 10.1. The third-order valence-electron chi connectivity index (χ3n) is 2.50. The topological polar surface area (TPSA) is 12.0 Å². The van der Waals surface area contributed by atoms with Gasteiger partial charge in [-0.2, -0.15) is 0 Å². The van der Waals surface area contributed by atoms with Crippen molar-refractivity contribution in [3.8, 4) is 0 Å². The molecule has 0 bridgehead atoms. The van der Waals surface area contributed by atoms with Crippen molar-refractivity contribution in [1.29, 1.82) is 0 Å². The summed E-state index contributed by atoms with van der Waals surface area (Å²) in [6.45, 7) is 16.1. The van der Waals surface area contributed by atoms with Gasteiger partial charge >= 0.3 is 0 Å². The molecule has 1 aromatic carbocycles. The molecule has 0 amide bonds. The summed E-state index contributed by atoms with van der Waals surface area (Å²) in [6.07, 6.45) is 5.76. The van der Waals surface area contributed by atoms with Crippen LogP contribution in [0.1, 0.15) is 65.0 Å². The number of hydrogen-bond acceptors (Lipinski definition) is 1. The van der Waals surface area contributed by atoms with Gasteiger partial charge in [0.2, 0.25) is 0 Å². The number of benzene rings is 1. The van der Waals surface area contributed by atoms with E-state index in [0.29, 0.717) is 0 Å². The Hall–Kier alpha value is -1.08. The number of hydrogen-bond donors (Lipinski definition) is 1. The van der Waals surface area contributed by atoms with Crippen LogP contribution in [0, 0.1) is 0 Å². The molecule has 0 aromatic heterocycles. The van der Waals surface area contributed by atoms with Crippen LogP contribution >= 0.6 is 0 Å². The highest BCUT2D eigenvalue weighted by molar-refractivity contribution is 5.47. The van der Waals surface area contributed by atoms with E-state index < -0.39 is 0 Å². The first-order chi connectivity index (χ1) is 9.36. The molecule has 110 valence electrons. The van der Waals surface area contributed by atoms with Gasteiger partial charge in [-0.05, 0) is 24.1 Å². The summed E-state index contributed by atoms with van der Waals surface area (Å²) in [4.78, 5) is 0. The third kappa shape index (κ3) is 11.7. The van der Waals surface area contributed by atoms with Gasteiger partial charge in [0.05, 0.1) is 0 Å². The highest BCUT2D eigenvalue weighted by Crippen LogP contribution is 2.05. The fourth-order valence-electron chi connectivity index (χ4n) is 1.50. The van der Waals surface area contributed by atoms with E-state index in [1.54, 1.807) is 0 Å². The third-order valence-corrected chi connectivity index (χ3v) is 2.50. The summed E-state index contributed by atoms with van der Waals surface area (Å²) in [7, 11) is 0. The summed E-state index contributed by atoms with van der Waals surface area (Å²) in [5.74, 6) is 0. The average Bonchev–Trinajstić information content (AvgIpc) is 2.52. The fraction of sp³-hybridized carbons (Fsp3) is 0.556. The molecule has 1 rings (SSSR count). The largest absolute Gasteiger partial charge is 0.313 e. The summed E-state index contributed by atoms with van der Waals surface area (Å²) >= 11 is 0. The van der Waals surface area contributed by atoms with Crippen LogP contribution < -0.4 is 5.32 Å². The van der Waals surface area contributed by atoms with E-state index in [2.05, 4.69) is 43.1 Å². The van der Waals surface area contributed by atoms with Crippen molar-refractivity contribution < 1.29 is 0 Å². The molecular weight excluding hydrogens is 230 g/mol. The van der Waals surface area contributed by atoms with Gasteiger partial charge in [0.15, 0.2) is 0 Å². The molecule has 0 radical (unpaired) electrons. The molecule has 19 heavy (non-hydrogen) atoms. The lowest BCUT2D eigenvalue weighted by Crippen LogP contribution is -2.14. The Balaban J connectivity index is 0. The Kier molecular flexibility index (Phi) is 18.0. The SMILES string of the molecule is C=Cc1ccc(CNCCCCC)cc1.CC.CC. The highest BCUT2D eigenvalue weighted by Gasteiger charge is 1.92. The maximum Gasteiger partial charge on any atom is 0.0205 e. The van der Waals surface area contributed by atoms with E-state index in [9.17, 15) is 0 Å². The molecule has 0 aliphatic carbocycles. The molecule has 0 aliphatic rings. The van der Waals surface area contributed by atoms with Gasteiger partial charge in [-0.1, -0.05) is 84.4 Å². The lowest BCUT2D eigenvalue weighted by molar-refractivity contribution is 0.617. The minimum atomic E-state index is 0.973. The molecule has 1 heteroatoms. The predicted molar refractivity (Wildman–Crippen MR) is 90.5 cm³/mol. The Bertz CT molecular complexity index is 274. The van der Waals surface area contributed by atoms with E-state index in [0.717, 1.165) is 13.1 Å². The van der Waals surface area contributed by atoms with E-state index in [-0.39, 0.29) is 0 Å². The van der Waals surface area contributed by atoms with Crippen molar-refractivity contribution in [1.82, 2.24) is 5.32 Å². The normalized spacial score (nSPS) is 8.68. The van der Waals surface area contributed by atoms with Crippen LogP contribution in [0.5, 0.6) is 0 Å². The summed E-state index contributed by atoms with van der Waals surface area (Å²) in [6, 6.07) is 8.53. The first kappa shape index (κ1) is 20.2. The Morgan fingerprint density at radius 1 is 1.00 bits per heavy atom. The Morgan fingerprint density at radius 3 is 2.05 bits per heavy atom. The predicted octanol–water partition coefficient (Wildman–Crippen LogP) is 5.66. The van der Waals surface area contributed by atoms with Crippen molar-refractivity contribution in [3.63, 3.8) is 0 Å². The van der Waals surface area contributed by atoms with Gasteiger partial charge in [-0.15, -0.1) is 0 Å². The van der Waals surface area contributed by atoms with Crippen LogP contribution in [-0.2, 0) is 6.54 Å². The second-order valence-electron chi connectivity index (χ2n) is 3.83. The second kappa shape index (κ2) is 16.9. The van der Waals surface area contributed by atoms with Gasteiger partial charge in [0.25, 0.3) is 0 Å². The highest BCUT2D eigenvalue weighted by atomic mass is 14.8. The molecule has 0 atom stereocenters. The minimum absolute atomic E-state index is 0.973. The van der Waals surface area contributed by atoms with Crippen molar-refractivity contribution in [2.75, 3.05) is 6.54 Å². The fourth-order valence-corrected chi connectivity index (χ4v) is 1.50. The van der Waals surface area contributed by atoms with E-state index in [1.807, 2.05) is 33.8 Å². The molecule has 0 saturated heterocycles. The van der Waals surface area contributed by atoms with E-state index in [4.69, 9.17) is 0 Å². The summed E-state index contributed by atoms with van der Waals surface area (Å²) in [5, 5.41) is 3.45. The van der Waals surface area contributed by atoms with Crippen molar-refractivity contribution in [2.45, 2.75) is 60.4 Å². The maximum absolute atomic E-state index is 3.74. The Morgan fingerprint density at radius 2 is 1.58 bits per heavy atom. The van der Waals surface area contributed by atoms with Gasteiger partial charge < -0.3 is 5.32 Å². The molecule has 0 spiro atoms. The van der Waals surface area contributed by atoms with Gasteiger partial charge in [-0.3, -0.25) is 0 Å². The Labute approximate surface area is 121 Å². The summed E-state index contributed by atoms with van der Waals surface area (Å²) in [5.41, 5.74) is 2.53. The van der Waals surface area contributed by atoms with Crippen LogP contribution in [0.3, 0.4) is 0 Å². The van der Waals surface area contributed by atoms with Crippen molar-refractivity contribution in [2.24, 2.45) is 0 Å². The molecule has 0 unspecified atom stereocenters. The minimum Gasteiger partial charge on any atom is -0.313 e. The van der Waals surface area contributed by atoms with Crippen LogP contribution in [0.4, 0.5) is 0 Å². The van der Waals surface area contributed by atoms with Gasteiger partial charge in [-0.25, -0.2) is 0 Å². The first-order valence-corrected chi connectivity index (χ1v) is 7.79. The zero-order chi connectivity index (χ0) is 14.9.